The minimum atomic E-state index is -0.997. The number of carbonyl (C=O) groups excluding carboxylic acids is 1. The van der Waals surface area contributed by atoms with Crippen molar-refractivity contribution >= 4 is 12.0 Å². The van der Waals surface area contributed by atoms with Crippen molar-refractivity contribution in [1.29, 1.82) is 0 Å². The molecular weight excluding hydrogens is 260 g/mol. The fourth-order valence-corrected chi connectivity index (χ4v) is 1.86. The Kier molecular flexibility index (Phi) is 8.96. The summed E-state index contributed by atoms with van der Waals surface area (Å²) in [7, 11) is 1.57. The van der Waals surface area contributed by atoms with Gasteiger partial charge in [0.05, 0.1) is 6.61 Å². The van der Waals surface area contributed by atoms with Gasteiger partial charge in [-0.05, 0) is 25.7 Å². The molecule has 0 aliphatic heterocycles. The molecule has 0 spiro atoms. The molecule has 0 aromatic carbocycles. The number of carbonyl (C=O) groups is 2. The molecule has 0 aromatic heterocycles. The summed E-state index contributed by atoms with van der Waals surface area (Å²) in [5.41, 5.74) is 0. The lowest BCUT2D eigenvalue weighted by molar-refractivity contribution is -0.139. The van der Waals surface area contributed by atoms with Gasteiger partial charge in [-0.1, -0.05) is 20.8 Å². The van der Waals surface area contributed by atoms with Gasteiger partial charge in [-0.15, -0.1) is 0 Å². The average Bonchev–Trinajstić information content (AvgIpc) is 2.37. The number of hydrogen-bond acceptors (Lipinski definition) is 3. The first kappa shape index (κ1) is 18.7. The summed E-state index contributed by atoms with van der Waals surface area (Å²) < 4.78 is 5.00. The third-order valence-corrected chi connectivity index (χ3v) is 3.22. The van der Waals surface area contributed by atoms with E-state index >= 15 is 0 Å². The maximum absolute atomic E-state index is 12.2. The van der Waals surface area contributed by atoms with Crippen LogP contribution in [0.3, 0.4) is 0 Å². The first-order valence-corrected chi connectivity index (χ1v) is 7.12. The van der Waals surface area contributed by atoms with E-state index in [4.69, 9.17) is 9.84 Å². The second kappa shape index (κ2) is 9.58. The number of carboxylic acids is 1. The molecule has 0 saturated carbocycles. The number of rotatable bonds is 9. The van der Waals surface area contributed by atoms with E-state index < -0.39 is 12.0 Å². The van der Waals surface area contributed by atoms with E-state index in [2.05, 4.69) is 5.32 Å². The lowest BCUT2D eigenvalue weighted by Crippen LogP contribution is -2.51. The van der Waals surface area contributed by atoms with E-state index in [-0.39, 0.29) is 18.0 Å². The van der Waals surface area contributed by atoms with E-state index in [0.29, 0.717) is 19.6 Å². The number of ether oxygens (including phenoxy) is 1. The van der Waals surface area contributed by atoms with Crippen LogP contribution in [0.4, 0.5) is 4.79 Å². The quantitative estimate of drug-likeness (QED) is 0.679. The Balaban J connectivity index is 4.73. The number of carboxylic acid groups (broad SMARTS) is 1. The number of nitrogens with one attached hydrogen (secondary N) is 1. The minimum Gasteiger partial charge on any atom is -0.480 e. The van der Waals surface area contributed by atoms with Crippen LogP contribution in [0, 0.1) is 5.92 Å². The first-order valence-electron chi connectivity index (χ1n) is 7.12. The van der Waals surface area contributed by atoms with Gasteiger partial charge in [0.1, 0.15) is 6.04 Å². The topological polar surface area (TPSA) is 78.9 Å². The van der Waals surface area contributed by atoms with Crippen LogP contribution in [-0.4, -0.2) is 54.4 Å². The van der Waals surface area contributed by atoms with Crippen LogP contribution in [0.15, 0.2) is 0 Å². The van der Waals surface area contributed by atoms with Crippen molar-refractivity contribution in [3.63, 3.8) is 0 Å². The van der Waals surface area contributed by atoms with Crippen LogP contribution in [-0.2, 0) is 9.53 Å². The van der Waals surface area contributed by atoms with Crippen molar-refractivity contribution in [3.8, 4) is 0 Å². The van der Waals surface area contributed by atoms with Crippen LogP contribution in [0.5, 0.6) is 0 Å². The fraction of sp³-hybridized carbons (Fsp3) is 0.857. The zero-order valence-corrected chi connectivity index (χ0v) is 13.2. The van der Waals surface area contributed by atoms with Crippen LogP contribution in [0.1, 0.15) is 40.5 Å². The Labute approximate surface area is 121 Å². The molecule has 6 nitrogen and oxygen atoms in total. The lowest BCUT2D eigenvalue weighted by Gasteiger charge is -2.30. The second-order valence-corrected chi connectivity index (χ2v) is 5.41. The molecule has 0 aliphatic rings. The highest BCUT2D eigenvalue weighted by molar-refractivity contribution is 5.82. The van der Waals surface area contributed by atoms with Crippen LogP contribution in [0.25, 0.3) is 0 Å². The molecule has 2 amide bonds. The van der Waals surface area contributed by atoms with Crippen LogP contribution < -0.4 is 5.32 Å². The second-order valence-electron chi connectivity index (χ2n) is 5.41. The average molecular weight is 288 g/mol. The molecule has 2 atom stereocenters. The third-order valence-electron chi connectivity index (χ3n) is 3.22. The van der Waals surface area contributed by atoms with Crippen molar-refractivity contribution in [2.24, 2.45) is 5.92 Å². The molecule has 0 bridgehead atoms. The molecular formula is C14H28N2O4. The molecule has 20 heavy (non-hydrogen) atoms. The van der Waals surface area contributed by atoms with E-state index in [1.807, 2.05) is 27.7 Å². The molecule has 118 valence electrons. The molecule has 0 aromatic rings. The van der Waals surface area contributed by atoms with Gasteiger partial charge in [-0.3, -0.25) is 0 Å². The number of aliphatic carboxylic acids is 1. The summed E-state index contributed by atoms with van der Waals surface area (Å²) in [6, 6.07) is -1.15. The van der Waals surface area contributed by atoms with Gasteiger partial charge in [-0.2, -0.15) is 0 Å². The molecule has 0 radical (unpaired) electrons. The molecule has 0 heterocycles. The summed E-state index contributed by atoms with van der Waals surface area (Å²) in [5, 5.41) is 11.8. The van der Waals surface area contributed by atoms with Gasteiger partial charge in [0.25, 0.3) is 0 Å². The van der Waals surface area contributed by atoms with Gasteiger partial charge >= 0.3 is 12.0 Å². The number of hydrogen-bond donors (Lipinski definition) is 2. The minimum absolute atomic E-state index is 0.0404. The SMILES string of the molecule is CCC(C)N(CCOC)C(=O)N[C@H](CC(C)C)C(=O)O. The number of urea groups is 1. The third kappa shape index (κ3) is 6.75. The van der Waals surface area contributed by atoms with Gasteiger partial charge in [0.2, 0.25) is 0 Å². The van der Waals surface area contributed by atoms with E-state index in [1.54, 1.807) is 12.0 Å². The van der Waals surface area contributed by atoms with Crippen molar-refractivity contribution in [3.05, 3.63) is 0 Å². The standard InChI is InChI=1S/C14H28N2O4/c1-6-11(4)16(7-8-20-5)14(19)15-12(13(17)18)9-10(2)3/h10-12H,6-9H2,1-5H3,(H,15,19)(H,17,18)/t11?,12-/m1/s1. The Morgan fingerprint density at radius 3 is 2.30 bits per heavy atom. The van der Waals surface area contributed by atoms with E-state index in [9.17, 15) is 9.59 Å². The summed E-state index contributed by atoms with van der Waals surface area (Å²) in [5.74, 6) is -0.796. The Morgan fingerprint density at radius 1 is 1.30 bits per heavy atom. The van der Waals surface area contributed by atoms with Gasteiger partial charge in [0, 0.05) is 19.7 Å². The molecule has 0 rings (SSSR count). The smallest absolute Gasteiger partial charge is 0.326 e. The Bertz CT molecular complexity index is 308. The van der Waals surface area contributed by atoms with Gasteiger partial charge in [-0.25, -0.2) is 9.59 Å². The first-order chi connectivity index (χ1) is 9.33. The highest BCUT2D eigenvalue weighted by Gasteiger charge is 2.25. The lowest BCUT2D eigenvalue weighted by atomic mass is 10.0. The highest BCUT2D eigenvalue weighted by Crippen LogP contribution is 2.08. The molecule has 0 aliphatic carbocycles. The van der Waals surface area contributed by atoms with Gasteiger partial charge < -0.3 is 20.1 Å². The summed E-state index contributed by atoms with van der Waals surface area (Å²) in [4.78, 5) is 25.1. The van der Waals surface area contributed by atoms with Crippen molar-refractivity contribution in [2.45, 2.75) is 52.6 Å². The summed E-state index contributed by atoms with van der Waals surface area (Å²) >= 11 is 0. The molecule has 0 fully saturated rings. The maximum atomic E-state index is 12.2. The number of nitrogens with zero attached hydrogens (tertiary/aromatic N) is 1. The highest BCUT2D eigenvalue weighted by atomic mass is 16.5. The predicted molar refractivity (Wildman–Crippen MR) is 77.7 cm³/mol. The Morgan fingerprint density at radius 2 is 1.90 bits per heavy atom. The zero-order chi connectivity index (χ0) is 15.7. The zero-order valence-electron chi connectivity index (χ0n) is 13.2. The predicted octanol–water partition coefficient (Wildman–Crippen LogP) is 1.94. The molecule has 6 heteroatoms. The molecule has 1 unspecified atom stereocenters. The van der Waals surface area contributed by atoms with Crippen molar-refractivity contribution in [2.75, 3.05) is 20.3 Å². The summed E-state index contributed by atoms with van der Waals surface area (Å²) in [6.45, 7) is 8.66. The largest absolute Gasteiger partial charge is 0.480 e. The molecule has 2 N–H and O–H groups in total. The van der Waals surface area contributed by atoms with E-state index in [1.165, 1.54) is 0 Å². The van der Waals surface area contributed by atoms with Crippen molar-refractivity contribution in [1.82, 2.24) is 10.2 Å². The van der Waals surface area contributed by atoms with E-state index in [0.717, 1.165) is 6.42 Å². The number of amides is 2. The van der Waals surface area contributed by atoms with Crippen LogP contribution >= 0.6 is 0 Å². The maximum Gasteiger partial charge on any atom is 0.326 e. The fourth-order valence-electron chi connectivity index (χ4n) is 1.86. The molecule has 0 saturated heterocycles. The number of methoxy groups -OCH3 is 1. The monoisotopic (exact) mass is 288 g/mol. The van der Waals surface area contributed by atoms with Crippen molar-refractivity contribution < 1.29 is 19.4 Å². The van der Waals surface area contributed by atoms with Crippen LogP contribution in [0.2, 0.25) is 0 Å². The van der Waals surface area contributed by atoms with Gasteiger partial charge in [0.15, 0.2) is 0 Å². The Hall–Kier alpha value is -1.30. The normalized spacial score (nSPS) is 13.9. The summed E-state index contributed by atoms with van der Waals surface area (Å²) in [6.07, 6.45) is 1.22.